The highest BCUT2D eigenvalue weighted by Gasteiger charge is 2.33. The Morgan fingerprint density at radius 1 is 1.67 bits per heavy atom. The largest absolute Gasteiger partial charge is 0.379 e. The van der Waals surface area contributed by atoms with Crippen molar-refractivity contribution < 1.29 is 4.74 Å². The first kappa shape index (κ1) is 10.9. The lowest BCUT2D eigenvalue weighted by molar-refractivity contribution is 0.181. The van der Waals surface area contributed by atoms with Gasteiger partial charge in [0.25, 0.3) is 0 Å². The van der Waals surface area contributed by atoms with Crippen LogP contribution in [0, 0.1) is 0 Å². The quantitative estimate of drug-likeness (QED) is 0.917. The van der Waals surface area contributed by atoms with Gasteiger partial charge in [-0.05, 0) is 34.8 Å². The summed E-state index contributed by atoms with van der Waals surface area (Å²) in [4.78, 5) is 4.05. The Hall–Kier alpha value is -0.610. The third-order valence-corrected chi connectivity index (χ3v) is 3.58. The van der Waals surface area contributed by atoms with Gasteiger partial charge in [-0.1, -0.05) is 6.92 Å². The summed E-state index contributed by atoms with van der Waals surface area (Å²) in [6.45, 7) is 3.83. The van der Waals surface area contributed by atoms with Gasteiger partial charge in [0.05, 0.1) is 22.3 Å². The van der Waals surface area contributed by atoms with Gasteiger partial charge in [0.2, 0.25) is 0 Å². The van der Waals surface area contributed by atoms with Crippen molar-refractivity contribution in [3.63, 3.8) is 0 Å². The topological polar surface area (TPSA) is 34.2 Å². The summed E-state index contributed by atoms with van der Waals surface area (Å²) >= 11 is 3.49. The minimum Gasteiger partial charge on any atom is -0.379 e. The highest BCUT2D eigenvalue weighted by molar-refractivity contribution is 9.10. The third kappa shape index (κ3) is 2.32. The molecule has 2 heterocycles. The molecule has 82 valence electrons. The van der Waals surface area contributed by atoms with Crippen LogP contribution in [0.5, 0.6) is 0 Å². The van der Waals surface area contributed by atoms with Crippen molar-refractivity contribution in [2.75, 3.05) is 18.5 Å². The number of hydrogen-bond acceptors (Lipinski definition) is 3. The molecule has 2 rings (SSSR count). The molecule has 1 aromatic heterocycles. The van der Waals surface area contributed by atoms with Gasteiger partial charge in [0.1, 0.15) is 0 Å². The molecule has 1 aliphatic rings. The number of rotatable bonds is 3. The van der Waals surface area contributed by atoms with Crippen molar-refractivity contribution in [2.24, 2.45) is 0 Å². The average molecular weight is 271 g/mol. The van der Waals surface area contributed by atoms with Crippen molar-refractivity contribution in [1.29, 1.82) is 0 Å². The maximum atomic E-state index is 5.47. The molecule has 1 fully saturated rings. The highest BCUT2D eigenvalue weighted by atomic mass is 79.9. The third-order valence-electron chi connectivity index (χ3n) is 2.95. The highest BCUT2D eigenvalue weighted by Crippen LogP contribution is 2.30. The molecule has 0 amide bonds. The van der Waals surface area contributed by atoms with Crippen molar-refractivity contribution in [3.05, 3.63) is 22.9 Å². The van der Waals surface area contributed by atoms with Crippen LogP contribution < -0.4 is 5.32 Å². The lowest BCUT2D eigenvalue weighted by atomic mass is 9.95. The van der Waals surface area contributed by atoms with Crippen LogP contribution in [-0.2, 0) is 4.74 Å². The molecule has 0 aliphatic carbocycles. The summed E-state index contributed by atoms with van der Waals surface area (Å²) in [6.07, 6.45) is 5.74. The fraction of sp³-hybridized carbons (Fsp3) is 0.545. The van der Waals surface area contributed by atoms with Gasteiger partial charge in [-0.25, -0.2) is 0 Å². The number of ether oxygens (including phenoxy) is 1. The molecule has 1 saturated heterocycles. The second-order valence-corrected chi connectivity index (χ2v) is 4.77. The zero-order valence-electron chi connectivity index (χ0n) is 8.79. The van der Waals surface area contributed by atoms with E-state index in [1.54, 1.807) is 6.20 Å². The molecule has 1 unspecified atom stereocenters. The number of pyridine rings is 1. The predicted molar refractivity (Wildman–Crippen MR) is 64.0 cm³/mol. The Labute approximate surface area is 98.4 Å². The van der Waals surface area contributed by atoms with E-state index in [1.165, 1.54) is 0 Å². The molecule has 1 N–H and O–H groups in total. The van der Waals surface area contributed by atoms with E-state index in [2.05, 4.69) is 33.2 Å². The van der Waals surface area contributed by atoms with E-state index in [1.807, 2.05) is 12.3 Å². The molecule has 15 heavy (non-hydrogen) atoms. The smallest absolute Gasteiger partial charge is 0.0697 e. The van der Waals surface area contributed by atoms with E-state index in [9.17, 15) is 0 Å². The number of halogens is 1. The van der Waals surface area contributed by atoms with Gasteiger partial charge in [-0.2, -0.15) is 0 Å². The molecule has 4 heteroatoms. The van der Waals surface area contributed by atoms with Gasteiger partial charge in [-0.15, -0.1) is 0 Å². The van der Waals surface area contributed by atoms with Crippen LogP contribution in [0.3, 0.4) is 0 Å². The van der Waals surface area contributed by atoms with E-state index in [0.717, 1.165) is 36.2 Å². The van der Waals surface area contributed by atoms with Crippen LogP contribution in [0.25, 0.3) is 0 Å². The summed E-state index contributed by atoms with van der Waals surface area (Å²) in [5.41, 5.74) is 1.20. The van der Waals surface area contributed by atoms with Crippen LogP contribution in [0.4, 0.5) is 5.69 Å². The van der Waals surface area contributed by atoms with E-state index in [-0.39, 0.29) is 5.54 Å². The van der Waals surface area contributed by atoms with Gasteiger partial charge in [0.15, 0.2) is 0 Å². The monoisotopic (exact) mass is 270 g/mol. The SMILES string of the molecule is CCC1(Nc2ccncc2Br)CCOC1. The van der Waals surface area contributed by atoms with Crippen molar-refractivity contribution in [1.82, 2.24) is 4.98 Å². The van der Waals surface area contributed by atoms with Crippen LogP contribution in [0.1, 0.15) is 19.8 Å². The molecule has 1 atom stereocenters. The summed E-state index contributed by atoms with van der Waals surface area (Å²) < 4.78 is 6.47. The van der Waals surface area contributed by atoms with E-state index < -0.39 is 0 Å². The van der Waals surface area contributed by atoms with Gasteiger partial charge in [0, 0.05) is 19.0 Å². The van der Waals surface area contributed by atoms with E-state index in [0.29, 0.717) is 0 Å². The van der Waals surface area contributed by atoms with Crippen LogP contribution in [0.2, 0.25) is 0 Å². The zero-order valence-corrected chi connectivity index (χ0v) is 10.4. The Kier molecular flexibility index (Phi) is 3.26. The van der Waals surface area contributed by atoms with Crippen molar-refractivity contribution in [2.45, 2.75) is 25.3 Å². The van der Waals surface area contributed by atoms with Crippen LogP contribution in [-0.4, -0.2) is 23.7 Å². The molecule has 0 spiro atoms. The summed E-state index contributed by atoms with van der Waals surface area (Å²) in [6, 6.07) is 1.99. The minimum absolute atomic E-state index is 0.101. The predicted octanol–water partition coefficient (Wildman–Crippen LogP) is 2.83. The fourth-order valence-electron chi connectivity index (χ4n) is 1.84. The molecule has 3 nitrogen and oxygen atoms in total. The van der Waals surface area contributed by atoms with Crippen LogP contribution >= 0.6 is 15.9 Å². The Balaban J connectivity index is 2.16. The Morgan fingerprint density at radius 3 is 3.13 bits per heavy atom. The molecule has 1 aromatic rings. The Morgan fingerprint density at radius 2 is 2.53 bits per heavy atom. The summed E-state index contributed by atoms with van der Waals surface area (Å²) in [7, 11) is 0. The summed E-state index contributed by atoms with van der Waals surface area (Å²) in [5.74, 6) is 0. The number of hydrogen-bond donors (Lipinski definition) is 1. The maximum absolute atomic E-state index is 5.47. The van der Waals surface area contributed by atoms with Gasteiger partial charge < -0.3 is 10.1 Å². The minimum atomic E-state index is 0.101. The molecule has 0 aromatic carbocycles. The second-order valence-electron chi connectivity index (χ2n) is 3.92. The first-order valence-electron chi connectivity index (χ1n) is 5.21. The molecule has 0 saturated carbocycles. The average Bonchev–Trinajstić information content (AvgIpc) is 2.71. The number of nitrogens with one attached hydrogen (secondary N) is 1. The molecule has 0 bridgehead atoms. The fourth-order valence-corrected chi connectivity index (χ4v) is 2.18. The standard InChI is InChI=1S/C11H15BrN2O/c1-2-11(4-6-15-8-11)14-10-3-5-13-7-9(10)12/h3,5,7H,2,4,6,8H2,1H3,(H,13,14). The number of aromatic nitrogens is 1. The first-order chi connectivity index (χ1) is 7.26. The normalized spacial score (nSPS) is 25.5. The first-order valence-corrected chi connectivity index (χ1v) is 6.00. The molecular formula is C11H15BrN2O. The van der Waals surface area contributed by atoms with Crippen molar-refractivity contribution in [3.8, 4) is 0 Å². The zero-order chi connectivity index (χ0) is 10.7. The van der Waals surface area contributed by atoms with E-state index in [4.69, 9.17) is 4.74 Å². The van der Waals surface area contributed by atoms with Gasteiger partial charge >= 0.3 is 0 Å². The summed E-state index contributed by atoms with van der Waals surface area (Å²) in [5, 5.41) is 3.56. The van der Waals surface area contributed by atoms with Crippen LogP contribution in [0.15, 0.2) is 22.9 Å². The molecular weight excluding hydrogens is 256 g/mol. The lowest BCUT2D eigenvalue weighted by Crippen LogP contribution is -2.38. The second kappa shape index (κ2) is 4.49. The maximum Gasteiger partial charge on any atom is 0.0697 e. The molecule has 1 aliphatic heterocycles. The van der Waals surface area contributed by atoms with E-state index >= 15 is 0 Å². The number of nitrogens with zero attached hydrogens (tertiary/aromatic N) is 1. The Bertz CT molecular complexity index is 337. The lowest BCUT2D eigenvalue weighted by Gasteiger charge is -2.29. The van der Waals surface area contributed by atoms with Crippen molar-refractivity contribution >= 4 is 21.6 Å². The molecule has 0 radical (unpaired) electrons. The van der Waals surface area contributed by atoms with Gasteiger partial charge in [-0.3, -0.25) is 4.98 Å². The number of anilines is 1.